The van der Waals surface area contributed by atoms with Gasteiger partial charge in [-0.3, -0.25) is 9.69 Å². The predicted molar refractivity (Wildman–Crippen MR) is 78.1 cm³/mol. The summed E-state index contributed by atoms with van der Waals surface area (Å²) in [6, 6.07) is 13.4. The zero-order valence-corrected chi connectivity index (χ0v) is 11.4. The fourth-order valence-electron chi connectivity index (χ4n) is 2.70. The molecular formula is C17H13NO3. The molecule has 0 radical (unpaired) electrons. The number of hydrogen-bond donors (Lipinski definition) is 0. The van der Waals surface area contributed by atoms with Crippen LogP contribution in [0.5, 0.6) is 11.5 Å². The lowest BCUT2D eigenvalue weighted by molar-refractivity contribution is -0.117. The van der Waals surface area contributed by atoms with Gasteiger partial charge in [0.15, 0.2) is 5.75 Å². The van der Waals surface area contributed by atoms with Crippen LogP contribution in [0.1, 0.15) is 17.4 Å². The van der Waals surface area contributed by atoms with E-state index in [1.165, 1.54) is 12.3 Å². The molecule has 0 saturated carbocycles. The van der Waals surface area contributed by atoms with Crippen LogP contribution >= 0.6 is 0 Å². The van der Waals surface area contributed by atoms with E-state index in [2.05, 4.69) is 0 Å². The van der Waals surface area contributed by atoms with Crippen LogP contribution in [0.15, 0.2) is 54.8 Å². The molecule has 1 amide bonds. The van der Waals surface area contributed by atoms with Crippen LogP contribution in [-0.4, -0.2) is 5.91 Å². The van der Waals surface area contributed by atoms with Crippen molar-refractivity contribution >= 4 is 11.6 Å². The van der Waals surface area contributed by atoms with Gasteiger partial charge in [0.1, 0.15) is 5.75 Å². The van der Waals surface area contributed by atoms with E-state index in [9.17, 15) is 4.79 Å². The number of aryl methyl sites for hydroxylation is 1. The molecule has 0 bridgehead atoms. The Kier molecular flexibility index (Phi) is 2.51. The Morgan fingerprint density at radius 1 is 1.10 bits per heavy atom. The molecular weight excluding hydrogens is 266 g/mol. The van der Waals surface area contributed by atoms with Gasteiger partial charge in [-0.25, -0.2) is 0 Å². The standard InChI is InChI=1S/C17H13NO3/c1-11-6-7-14-12(10-11)17-18(16(19)8-9-20-17)13-4-2-3-5-15(13)21-14/h2-10,17H,1H3. The van der Waals surface area contributed by atoms with Crippen molar-refractivity contribution in [3.63, 3.8) is 0 Å². The maximum atomic E-state index is 12.3. The van der Waals surface area contributed by atoms with Crippen LogP contribution in [0.3, 0.4) is 0 Å². The second kappa shape index (κ2) is 4.38. The summed E-state index contributed by atoms with van der Waals surface area (Å²) in [4.78, 5) is 14.0. The number of hydrogen-bond acceptors (Lipinski definition) is 3. The molecule has 0 aromatic heterocycles. The number of nitrogens with zero attached hydrogens (tertiary/aromatic N) is 1. The van der Waals surface area contributed by atoms with Crippen molar-refractivity contribution in [1.29, 1.82) is 0 Å². The third kappa shape index (κ3) is 1.80. The highest BCUT2D eigenvalue weighted by molar-refractivity contribution is 6.03. The molecule has 2 aliphatic rings. The first kappa shape index (κ1) is 12.0. The molecule has 0 fully saturated rings. The van der Waals surface area contributed by atoms with Crippen LogP contribution in [0.2, 0.25) is 0 Å². The van der Waals surface area contributed by atoms with Crippen LogP contribution in [-0.2, 0) is 9.53 Å². The summed E-state index contributed by atoms with van der Waals surface area (Å²) in [7, 11) is 0. The van der Waals surface area contributed by atoms with E-state index in [-0.39, 0.29) is 5.91 Å². The maximum Gasteiger partial charge on any atom is 0.257 e. The lowest BCUT2D eigenvalue weighted by atomic mass is 10.1. The van der Waals surface area contributed by atoms with Crippen molar-refractivity contribution in [2.24, 2.45) is 0 Å². The summed E-state index contributed by atoms with van der Waals surface area (Å²) in [5.74, 6) is 1.25. The van der Waals surface area contributed by atoms with Gasteiger partial charge in [0.2, 0.25) is 6.23 Å². The molecule has 2 aromatic rings. The Morgan fingerprint density at radius 3 is 2.86 bits per heavy atom. The average Bonchev–Trinajstić information content (AvgIpc) is 2.63. The summed E-state index contributed by atoms with van der Waals surface area (Å²) in [5.41, 5.74) is 2.66. The summed E-state index contributed by atoms with van der Waals surface area (Å²) in [5, 5.41) is 0. The third-order valence-corrected chi connectivity index (χ3v) is 3.67. The number of fused-ring (bicyclic) bond motifs is 5. The molecule has 2 heterocycles. The minimum atomic E-state index is -0.499. The normalized spacial score (nSPS) is 18.8. The molecule has 21 heavy (non-hydrogen) atoms. The van der Waals surface area contributed by atoms with Gasteiger partial charge in [-0.15, -0.1) is 0 Å². The average molecular weight is 279 g/mol. The van der Waals surface area contributed by atoms with Crippen LogP contribution < -0.4 is 9.64 Å². The van der Waals surface area contributed by atoms with Crippen molar-refractivity contribution in [1.82, 2.24) is 0 Å². The number of carbonyl (C=O) groups excluding carboxylic acids is 1. The van der Waals surface area contributed by atoms with E-state index in [1.807, 2.05) is 49.4 Å². The fourth-order valence-corrected chi connectivity index (χ4v) is 2.70. The van der Waals surface area contributed by atoms with E-state index >= 15 is 0 Å². The van der Waals surface area contributed by atoms with Crippen LogP contribution in [0.4, 0.5) is 5.69 Å². The number of rotatable bonds is 0. The fraction of sp³-hybridized carbons (Fsp3) is 0.118. The molecule has 0 N–H and O–H groups in total. The molecule has 1 atom stereocenters. The van der Waals surface area contributed by atoms with Gasteiger partial charge in [0, 0.05) is 6.08 Å². The number of benzene rings is 2. The quantitative estimate of drug-likeness (QED) is 0.738. The first-order valence-electron chi connectivity index (χ1n) is 6.77. The molecule has 1 unspecified atom stereocenters. The SMILES string of the molecule is Cc1ccc2c(c1)C1OC=CC(=O)N1c1ccccc1O2. The lowest BCUT2D eigenvalue weighted by Gasteiger charge is -2.31. The summed E-state index contributed by atoms with van der Waals surface area (Å²) < 4.78 is 11.7. The molecule has 2 aromatic carbocycles. The van der Waals surface area contributed by atoms with Gasteiger partial charge < -0.3 is 9.47 Å². The molecule has 4 rings (SSSR count). The number of ether oxygens (including phenoxy) is 2. The van der Waals surface area contributed by atoms with E-state index in [0.29, 0.717) is 17.2 Å². The van der Waals surface area contributed by atoms with E-state index in [0.717, 1.165) is 11.1 Å². The van der Waals surface area contributed by atoms with Crippen molar-refractivity contribution in [2.75, 3.05) is 4.90 Å². The van der Waals surface area contributed by atoms with Crippen molar-refractivity contribution in [3.8, 4) is 11.5 Å². The number of anilines is 1. The molecule has 0 saturated heterocycles. The maximum absolute atomic E-state index is 12.3. The highest BCUT2D eigenvalue weighted by atomic mass is 16.5. The molecule has 2 aliphatic heterocycles. The Bertz CT molecular complexity index is 766. The van der Waals surface area contributed by atoms with E-state index in [4.69, 9.17) is 9.47 Å². The van der Waals surface area contributed by atoms with E-state index < -0.39 is 6.23 Å². The van der Waals surface area contributed by atoms with Gasteiger partial charge in [-0.05, 0) is 31.2 Å². The van der Waals surface area contributed by atoms with Crippen molar-refractivity contribution < 1.29 is 14.3 Å². The number of amides is 1. The third-order valence-electron chi connectivity index (χ3n) is 3.67. The predicted octanol–water partition coefficient (Wildman–Crippen LogP) is 3.68. The zero-order chi connectivity index (χ0) is 14.4. The summed E-state index contributed by atoms with van der Waals surface area (Å²) in [6.07, 6.45) is 2.37. The smallest absolute Gasteiger partial charge is 0.257 e. The molecule has 104 valence electrons. The number of carbonyl (C=O) groups is 1. The molecule has 0 spiro atoms. The van der Waals surface area contributed by atoms with E-state index in [1.54, 1.807) is 4.90 Å². The van der Waals surface area contributed by atoms with Crippen LogP contribution in [0, 0.1) is 6.92 Å². The molecule has 4 heteroatoms. The zero-order valence-electron chi connectivity index (χ0n) is 11.4. The summed E-state index contributed by atoms with van der Waals surface area (Å²) >= 11 is 0. The Hall–Kier alpha value is -2.75. The first-order chi connectivity index (χ1) is 10.2. The van der Waals surface area contributed by atoms with Gasteiger partial charge >= 0.3 is 0 Å². The topological polar surface area (TPSA) is 38.8 Å². The minimum absolute atomic E-state index is 0.114. The second-order valence-corrected chi connectivity index (χ2v) is 5.11. The number of para-hydroxylation sites is 2. The monoisotopic (exact) mass is 279 g/mol. The Balaban J connectivity index is 1.99. The van der Waals surface area contributed by atoms with Crippen molar-refractivity contribution in [3.05, 3.63) is 65.9 Å². The Morgan fingerprint density at radius 2 is 1.95 bits per heavy atom. The van der Waals surface area contributed by atoms with Gasteiger partial charge in [0.05, 0.1) is 17.5 Å². The second-order valence-electron chi connectivity index (χ2n) is 5.11. The first-order valence-corrected chi connectivity index (χ1v) is 6.77. The lowest BCUT2D eigenvalue weighted by Crippen LogP contribution is -2.36. The molecule has 4 nitrogen and oxygen atoms in total. The van der Waals surface area contributed by atoms with Gasteiger partial charge in [-0.1, -0.05) is 23.8 Å². The van der Waals surface area contributed by atoms with Crippen LogP contribution in [0.25, 0.3) is 0 Å². The van der Waals surface area contributed by atoms with Crippen molar-refractivity contribution in [2.45, 2.75) is 13.2 Å². The highest BCUT2D eigenvalue weighted by Crippen LogP contribution is 2.45. The molecule has 0 aliphatic carbocycles. The van der Waals surface area contributed by atoms with Gasteiger partial charge in [-0.2, -0.15) is 0 Å². The highest BCUT2D eigenvalue weighted by Gasteiger charge is 2.35. The minimum Gasteiger partial charge on any atom is -0.473 e. The summed E-state index contributed by atoms with van der Waals surface area (Å²) in [6.45, 7) is 2.00. The Labute approximate surface area is 122 Å². The largest absolute Gasteiger partial charge is 0.473 e. The van der Waals surface area contributed by atoms with Gasteiger partial charge in [0.25, 0.3) is 5.91 Å².